The number of pyridine rings is 1. The zero-order valence-electron chi connectivity index (χ0n) is 15.7. The summed E-state index contributed by atoms with van der Waals surface area (Å²) >= 11 is 0. The van der Waals surface area contributed by atoms with Gasteiger partial charge >= 0.3 is 0 Å². The Balaban J connectivity index is 1.64. The van der Waals surface area contributed by atoms with Crippen molar-refractivity contribution in [1.29, 1.82) is 0 Å². The number of carbonyl (C=O) groups is 1. The Morgan fingerprint density at radius 1 is 1.26 bits per heavy atom. The van der Waals surface area contributed by atoms with Crippen LogP contribution in [-0.4, -0.2) is 52.8 Å². The highest BCUT2D eigenvalue weighted by atomic mass is 16.5. The van der Waals surface area contributed by atoms with E-state index >= 15 is 0 Å². The van der Waals surface area contributed by atoms with E-state index in [1.165, 1.54) is 0 Å². The number of aromatic nitrogens is 3. The monoisotopic (exact) mass is 371 g/mol. The molecule has 3 rings (SSSR count). The average molecular weight is 371 g/mol. The van der Waals surface area contributed by atoms with E-state index in [1.807, 2.05) is 17.9 Å². The van der Waals surface area contributed by atoms with Crippen LogP contribution in [0.15, 0.2) is 24.4 Å². The van der Waals surface area contributed by atoms with Gasteiger partial charge in [-0.25, -0.2) is 4.98 Å². The number of ether oxygens (including phenoxy) is 2. The van der Waals surface area contributed by atoms with Crippen LogP contribution in [0.5, 0.6) is 11.5 Å². The third kappa shape index (κ3) is 4.45. The fourth-order valence-electron chi connectivity index (χ4n) is 3.13. The summed E-state index contributed by atoms with van der Waals surface area (Å²) < 4.78 is 10.9. The van der Waals surface area contributed by atoms with E-state index in [0.29, 0.717) is 42.7 Å². The maximum absolute atomic E-state index is 12.8. The van der Waals surface area contributed by atoms with Crippen LogP contribution in [-0.2, 0) is 0 Å². The topological polar surface area (TPSA) is 103 Å². The third-order valence-electron chi connectivity index (χ3n) is 4.64. The van der Waals surface area contributed by atoms with Crippen LogP contribution in [0.2, 0.25) is 0 Å². The molecule has 3 heterocycles. The lowest BCUT2D eigenvalue weighted by Crippen LogP contribution is -2.38. The minimum atomic E-state index is -0.0998. The summed E-state index contributed by atoms with van der Waals surface area (Å²) in [6.07, 6.45) is 4.11. The SMILES string of the molecule is CCCOc1cnc(C(=O)N2CCC(c3ccc(N)nn3)CC2)cc1OC. The highest BCUT2D eigenvalue weighted by Crippen LogP contribution is 2.29. The van der Waals surface area contributed by atoms with Gasteiger partial charge < -0.3 is 20.1 Å². The standard InChI is InChI=1S/C19H25N5O3/c1-3-10-27-17-12-21-15(11-16(17)26-2)19(25)24-8-6-13(7-9-24)14-4-5-18(20)23-22-14/h4-5,11-13H,3,6-10H2,1-2H3,(H2,20,23). The molecule has 2 N–H and O–H groups in total. The van der Waals surface area contributed by atoms with Gasteiger partial charge in [0.05, 0.1) is 25.6 Å². The largest absolute Gasteiger partial charge is 0.493 e. The first kappa shape index (κ1) is 18.9. The number of carbonyl (C=O) groups excluding carboxylic acids is 1. The highest BCUT2D eigenvalue weighted by Gasteiger charge is 2.26. The molecule has 1 aliphatic rings. The number of piperidine rings is 1. The number of hydrogen-bond donors (Lipinski definition) is 1. The zero-order chi connectivity index (χ0) is 19.2. The summed E-state index contributed by atoms with van der Waals surface area (Å²) in [7, 11) is 1.56. The minimum Gasteiger partial charge on any atom is -0.493 e. The van der Waals surface area contributed by atoms with Gasteiger partial charge in [-0.15, -0.1) is 5.10 Å². The molecule has 144 valence electrons. The number of methoxy groups -OCH3 is 1. The van der Waals surface area contributed by atoms with Gasteiger partial charge in [-0.3, -0.25) is 4.79 Å². The summed E-state index contributed by atoms with van der Waals surface area (Å²) in [6.45, 7) is 3.89. The summed E-state index contributed by atoms with van der Waals surface area (Å²) in [5.74, 6) is 1.68. The van der Waals surface area contributed by atoms with Gasteiger partial charge in [0.1, 0.15) is 11.5 Å². The second kappa shape index (κ2) is 8.66. The Hall–Kier alpha value is -2.90. The molecule has 1 fully saturated rings. The quantitative estimate of drug-likeness (QED) is 0.830. The van der Waals surface area contributed by atoms with E-state index in [2.05, 4.69) is 15.2 Å². The van der Waals surface area contributed by atoms with Crippen molar-refractivity contribution in [3.05, 3.63) is 35.8 Å². The second-order valence-corrected chi connectivity index (χ2v) is 6.52. The van der Waals surface area contributed by atoms with Crippen molar-refractivity contribution in [1.82, 2.24) is 20.1 Å². The van der Waals surface area contributed by atoms with Crippen LogP contribution in [0, 0.1) is 0 Å². The van der Waals surface area contributed by atoms with Gasteiger partial charge in [0.15, 0.2) is 11.5 Å². The number of hydrogen-bond acceptors (Lipinski definition) is 7. The Morgan fingerprint density at radius 2 is 2.04 bits per heavy atom. The predicted octanol–water partition coefficient (Wildman–Crippen LogP) is 2.27. The van der Waals surface area contributed by atoms with Crippen molar-refractivity contribution in [3.8, 4) is 11.5 Å². The van der Waals surface area contributed by atoms with E-state index in [1.54, 1.807) is 25.4 Å². The van der Waals surface area contributed by atoms with Gasteiger partial charge in [0, 0.05) is 25.1 Å². The van der Waals surface area contributed by atoms with Crippen molar-refractivity contribution in [2.75, 3.05) is 32.5 Å². The van der Waals surface area contributed by atoms with E-state index in [-0.39, 0.29) is 11.8 Å². The summed E-state index contributed by atoms with van der Waals surface area (Å²) in [6, 6.07) is 5.31. The first-order valence-corrected chi connectivity index (χ1v) is 9.17. The normalized spacial score (nSPS) is 14.8. The van der Waals surface area contributed by atoms with Crippen LogP contribution >= 0.6 is 0 Å². The number of rotatable bonds is 6. The Bertz CT molecular complexity index is 773. The highest BCUT2D eigenvalue weighted by molar-refractivity contribution is 5.93. The number of nitrogen functional groups attached to an aromatic ring is 1. The molecule has 0 radical (unpaired) electrons. The first-order valence-electron chi connectivity index (χ1n) is 9.17. The molecule has 27 heavy (non-hydrogen) atoms. The molecule has 0 saturated carbocycles. The van der Waals surface area contributed by atoms with E-state index in [4.69, 9.17) is 15.2 Å². The molecule has 0 aliphatic carbocycles. The second-order valence-electron chi connectivity index (χ2n) is 6.52. The Kier molecular flexibility index (Phi) is 6.05. The van der Waals surface area contributed by atoms with Crippen molar-refractivity contribution in [2.24, 2.45) is 0 Å². The molecular formula is C19H25N5O3. The van der Waals surface area contributed by atoms with Gasteiger partial charge in [0.2, 0.25) is 0 Å². The van der Waals surface area contributed by atoms with Crippen molar-refractivity contribution in [3.63, 3.8) is 0 Å². The van der Waals surface area contributed by atoms with Gasteiger partial charge in [-0.2, -0.15) is 5.10 Å². The zero-order valence-corrected chi connectivity index (χ0v) is 15.7. The van der Waals surface area contributed by atoms with Crippen LogP contribution < -0.4 is 15.2 Å². The van der Waals surface area contributed by atoms with Crippen LogP contribution in [0.1, 0.15) is 48.3 Å². The molecule has 1 amide bonds. The molecule has 0 unspecified atom stereocenters. The lowest BCUT2D eigenvalue weighted by atomic mass is 9.93. The lowest BCUT2D eigenvalue weighted by Gasteiger charge is -2.31. The number of amides is 1. The van der Waals surface area contributed by atoms with Gasteiger partial charge in [-0.05, 0) is 31.4 Å². The maximum Gasteiger partial charge on any atom is 0.272 e. The minimum absolute atomic E-state index is 0.0998. The molecule has 0 aromatic carbocycles. The van der Waals surface area contributed by atoms with E-state index in [9.17, 15) is 4.79 Å². The molecule has 1 aliphatic heterocycles. The smallest absolute Gasteiger partial charge is 0.272 e. The van der Waals surface area contributed by atoms with Crippen molar-refractivity contribution in [2.45, 2.75) is 32.1 Å². The van der Waals surface area contributed by atoms with Crippen LogP contribution in [0.25, 0.3) is 0 Å². The number of nitrogens with zero attached hydrogens (tertiary/aromatic N) is 4. The summed E-state index contributed by atoms with van der Waals surface area (Å²) in [4.78, 5) is 18.9. The van der Waals surface area contributed by atoms with Crippen LogP contribution in [0.4, 0.5) is 5.82 Å². The molecular weight excluding hydrogens is 346 g/mol. The number of anilines is 1. The van der Waals surface area contributed by atoms with Crippen molar-refractivity contribution >= 4 is 11.7 Å². The van der Waals surface area contributed by atoms with E-state index in [0.717, 1.165) is 25.0 Å². The molecule has 2 aromatic heterocycles. The maximum atomic E-state index is 12.8. The average Bonchev–Trinajstić information content (AvgIpc) is 2.72. The summed E-state index contributed by atoms with van der Waals surface area (Å²) in [5.41, 5.74) is 6.88. The summed E-state index contributed by atoms with van der Waals surface area (Å²) in [5, 5.41) is 8.08. The van der Waals surface area contributed by atoms with Gasteiger partial charge in [-0.1, -0.05) is 6.92 Å². The Labute approximate surface area is 158 Å². The molecule has 8 heteroatoms. The van der Waals surface area contributed by atoms with Crippen LogP contribution in [0.3, 0.4) is 0 Å². The molecule has 0 atom stereocenters. The molecule has 1 saturated heterocycles. The Morgan fingerprint density at radius 3 is 2.67 bits per heavy atom. The predicted molar refractivity (Wildman–Crippen MR) is 101 cm³/mol. The van der Waals surface area contributed by atoms with E-state index < -0.39 is 0 Å². The van der Waals surface area contributed by atoms with Gasteiger partial charge in [0.25, 0.3) is 5.91 Å². The third-order valence-corrected chi connectivity index (χ3v) is 4.64. The first-order chi connectivity index (χ1) is 13.1. The molecule has 0 bridgehead atoms. The molecule has 2 aromatic rings. The fourth-order valence-corrected chi connectivity index (χ4v) is 3.13. The fraction of sp³-hybridized carbons (Fsp3) is 0.474. The molecule has 8 nitrogen and oxygen atoms in total. The number of likely N-dealkylation sites (tertiary alicyclic amines) is 1. The van der Waals surface area contributed by atoms with Crippen molar-refractivity contribution < 1.29 is 14.3 Å². The molecule has 0 spiro atoms. The lowest BCUT2D eigenvalue weighted by molar-refractivity contribution is 0.0705. The number of nitrogens with two attached hydrogens (primary N) is 1.